The van der Waals surface area contributed by atoms with Crippen LogP contribution in [0.1, 0.15) is 56.7 Å². The molecule has 0 fully saturated rings. The van der Waals surface area contributed by atoms with Gasteiger partial charge in [-0.2, -0.15) is 0 Å². The van der Waals surface area contributed by atoms with Gasteiger partial charge in [-0.3, -0.25) is 13.9 Å². The van der Waals surface area contributed by atoms with Gasteiger partial charge < -0.3 is 15.0 Å². The number of nitrogens with zero attached hydrogens (tertiary/aromatic N) is 2. The minimum absolute atomic E-state index is 0.00576. The van der Waals surface area contributed by atoms with E-state index in [4.69, 9.17) is 4.74 Å². The van der Waals surface area contributed by atoms with E-state index in [9.17, 15) is 18.0 Å². The average molecular weight is 532 g/mol. The van der Waals surface area contributed by atoms with E-state index in [0.717, 1.165) is 23.1 Å². The second-order valence-electron chi connectivity index (χ2n) is 9.52. The highest BCUT2D eigenvalue weighted by molar-refractivity contribution is 7.92. The first kappa shape index (κ1) is 30.2. The number of sulfonamides is 1. The maximum atomic E-state index is 13.4. The van der Waals surface area contributed by atoms with Crippen molar-refractivity contribution in [1.29, 1.82) is 0 Å². The van der Waals surface area contributed by atoms with E-state index in [1.54, 1.807) is 25.0 Å². The molecule has 0 saturated heterocycles. The molecule has 0 aromatic heterocycles. The predicted molar refractivity (Wildman–Crippen MR) is 148 cm³/mol. The Hall–Kier alpha value is -3.07. The Morgan fingerprint density at radius 2 is 1.70 bits per heavy atom. The van der Waals surface area contributed by atoms with Gasteiger partial charge in [0.1, 0.15) is 11.8 Å². The number of carbonyl (C=O) groups excluding carboxylic acids is 2. The third-order valence-electron chi connectivity index (χ3n) is 6.68. The van der Waals surface area contributed by atoms with E-state index in [0.29, 0.717) is 17.9 Å². The molecule has 9 heteroatoms. The molecule has 37 heavy (non-hydrogen) atoms. The fourth-order valence-electron chi connectivity index (χ4n) is 3.96. The molecule has 0 unspecified atom stereocenters. The Labute approximate surface area is 222 Å². The highest BCUT2D eigenvalue weighted by atomic mass is 32.2. The number of benzene rings is 2. The number of rotatable bonds is 13. The molecule has 204 valence electrons. The van der Waals surface area contributed by atoms with Crippen LogP contribution in [0.3, 0.4) is 0 Å². The van der Waals surface area contributed by atoms with Gasteiger partial charge in [-0.1, -0.05) is 31.2 Å². The first-order valence-corrected chi connectivity index (χ1v) is 14.5. The van der Waals surface area contributed by atoms with Crippen molar-refractivity contribution in [2.24, 2.45) is 0 Å². The summed E-state index contributed by atoms with van der Waals surface area (Å²) in [6.45, 7) is 9.88. The molecular formula is C28H41N3O5S. The van der Waals surface area contributed by atoms with Crippen molar-refractivity contribution in [2.45, 2.75) is 72.5 Å². The molecule has 8 nitrogen and oxygen atoms in total. The molecule has 0 saturated carbocycles. The van der Waals surface area contributed by atoms with Crippen LogP contribution in [0.4, 0.5) is 5.69 Å². The van der Waals surface area contributed by atoms with E-state index in [2.05, 4.69) is 5.32 Å². The van der Waals surface area contributed by atoms with Gasteiger partial charge in [0.05, 0.1) is 19.1 Å². The molecule has 0 bridgehead atoms. The zero-order valence-electron chi connectivity index (χ0n) is 23.1. The summed E-state index contributed by atoms with van der Waals surface area (Å²) in [5, 5.41) is 2.96. The summed E-state index contributed by atoms with van der Waals surface area (Å²) in [4.78, 5) is 27.9. The smallest absolute Gasteiger partial charge is 0.242 e. The number of nitrogens with one attached hydrogen (secondary N) is 1. The monoisotopic (exact) mass is 531 g/mol. The normalized spacial score (nSPS) is 12.9. The first-order valence-electron chi connectivity index (χ1n) is 12.7. The SMILES string of the molecule is CC[C@@H](C)NC(=O)[C@H](C)N(Cc1ccc(OC)cc1)C(=O)CCCN(c1cccc(C)c1C)S(C)(=O)=O. The number of ether oxygens (including phenoxy) is 1. The lowest BCUT2D eigenvalue weighted by Crippen LogP contribution is -2.49. The lowest BCUT2D eigenvalue weighted by molar-refractivity contribution is -0.140. The molecule has 0 heterocycles. The molecule has 0 spiro atoms. The Morgan fingerprint density at radius 1 is 1.05 bits per heavy atom. The van der Waals surface area contributed by atoms with Gasteiger partial charge >= 0.3 is 0 Å². The number of carbonyl (C=O) groups is 2. The van der Waals surface area contributed by atoms with Crippen molar-refractivity contribution < 1.29 is 22.7 Å². The summed E-state index contributed by atoms with van der Waals surface area (Å²) in [5.41, 5.74) is 3.36. The topological polar surface area (TPSA) is 96.0 Å². The quantitative estimate of drug-likeness (QED) is 0.418. The Morgan fingerprint density at radius 3 is 2.27 bits per heavy atom. The van der Waals surface area contributed by atoms with Crippen molar-refractivity contribution in [2.75, 3.05) is 24.2 Å². The Balaban J connectivity index is 2.21. The lowest BCUT2D eigenvalue weighted by Gasteiger charge is -2.30. The zero-order valence-corrected chi connectivity index (χ0v) is 23.9. The fraction of sp³-hybridized carbons (Fsp3) is 0.500. The lowest BCUT2D eigenvalue weighted by atomic mass is 10.1. The van der Waals surface area contributed by atoms with Crippen molar-refractivity contribution in [1.82, 2.24) is 10.2 Å². The van der Waals surface area contributed by atoms with Crippen molar-refractivity contribution in [3.8, 4) is 5.75 Å². The standard InChI is InChI=1S/C28H41N3O5S/c1-8-21(3)29-28(33)23(5)30(19-24-14-16-25(36-6)17-15-24)27(32)13-10-18-31(37(7,34)35)26-12-9-11-20(2)22(26)4/h9,11-12,14-17,21,23H,8,10,13,18-19H2,1-7H3,(H,29,33)/t21-,23+/m1/s1. The molecule has 2 amide bonds. The molecule has 2 aromatic rings. The van der Waals surface area contributed by atoms with Crippen LogP contribution >= 0.6 is 0 Å². The van der Waals surface area contributed by atoms with Crippen molar-refractivity contribution in [3.05, 3.63) is 59.2 Å². The largest absolute Gasteiger partial charge is 0.497 e. The number of amides is 2. The van der Waals surface area contributed by atoms with Crippen LogP contribution < -0.4 is 14.4 Å². The maximum Gasteiger partial charge on any atom is 0.242 e. The number of hydrogen-bond donors (Lipinski definition) is 1. The molecular weight excluding hydrogens is 490 g/mol. The van der Waals surface area contributed by atoms with Crippen LogP contribution in [0, 0.1) is 13.8 Å². The van der Waals surface area contributed by atoms with Gasteiger partial charge in [-0.15, -0.1) is 0 Å². The molecule has 0 aliphatic carbocycles. The van der Waals surface area contributed by atoms with Crippen molar-refractivity contribution in [3.63, 3.8) is 0 Å². The Bertz CT molecular complexity index is 1160. The Kier molecular flexibility index (Phi) is 11.0. The molecule has 2 aromatic carbocycles. The van der Waals surface area contributed by atoms with E-state index >= 15 is 0 Å². The highest BCUT2D eigenvalue weighted by Gasteiger charge is 2.27. The molecule has 2 rings (SSSR count). The van der Waals surface area contributed by atoms with Gasteiger partial charge in [0.25, 0.3) is 0 Å². The minimum Gasteiger partial charge on any atom is -0.497 e. The van der Waals surface area contributed by atoms with Crippen LogP contribution in [-0.2, 0) is 26.2 Å². The number of aryl methyl sites for hydroxylation is 1. The first-order chi connectivity index (χ1) is 17.4. The summed E-state index contributed by atoms with van der Waals surface area (Å²) in [6, 6.07) is 12.2. The van der Waals surface area contributed by atoms with Crippen LogP contribution in [0.5, 0.6) is 5.75 Å². The number of anilines is 1. The third kappa shape index (κ3) is 8.49. The van der Waals surface area contributed by atoms with Gasteiger partial charge in [0, 0.05) is 25.6 Å². The molecule has 0 aliphatic rings. The average Bonchev–Trinajstić information content (AvgIpc) is 2.86. The number of hydrogen-bond acceptors (Lipinski definition) is 5. The summed E-state index contributed by atoms with van der Waals surface area (Å²) in [6.07, 6.45) is 2.38. The van der Waals surface area contributed by atoms with E-state index < -0.39 is 16.1 Å². The van der Waals surface area contributed by atoms with Crippen LogP contribution in [0.25, 0.3) is 0 Å². The third-order valence-corrected chi connectivity index (χ3v) is 7.86. The maximum absolute atomic E-state index is 13.4. The highest BCUT2D eigenvalue weighted by Crippen LogP contribution is 2.25. The molecule has 0 aliphatic heterocycles. The fourth-order valence-corrected chi connectivity index (χ4v) is 4.98. The summed E-state index contributed by atoms with van der Waals surface area (Å²) in [7, 11) is -1.96. The van der Waals surface area contributed by atoms with E-state index in [1.807, 2.05) is 64.1 Å². The summed E-state index contributed by atoms with van der Waals surface area (Å²) >= 11 is 0. The van der Waals surface area contributed by atoms with Gasteiger partial charge in [0.15, 0.2) is 0 Å². The molecule has 1 N–H and O–H groups in total. The van der Waals surface area contributed by atoms with Crippen LogP contribution in [0.15, 0.2) is 42.5 Å². The van der Waals surface area contributed by atoms with Crippen molar-refractivity contribution >= 4 is 27.5 Å². The van der Waals surface area contributed by atoms with Gasteiger partial charge in [-0.25, -0.2) is 8.42 Å². The zero-order chi connectivity index (χ0) is 27.8. The van der Waals surface area contributed by atoms with E-state index in [-0.39, 0.29) is 37.4 Å². The molecule has 2 atom stereocenters. The minimum atomic E-state index is -3.54. The number of methoxy groups -OCH3 is 1. The van der Waals surface area contributed by atoms with Gasteiger partial charge in [0.2, 0.25) is 21.8 Å². The molecule has 0 radical (unpaired) electrons. The predicted octanol–water partition coefficient (Wildman–Crippen LogP) is 4.19. The van der Waals surface area contributed by atoms with Crippen LogP contribution in [-0.4, -0.2) is 57.1 Å². The summed E-state index contributed by atoms with van der Waals surface area (Å²) < 4.78 is 31.8. The second-order valence-corrected chi connectivity index (χ2v) is 11.4. The van der Waals surface area contributed by atoms with Gasteiger partial charge in [-0.05, 0) is 75.4 Å². The van der Waals surface area contributed by atoms with E-state index in [1.165, 1.54) is 10.6 Å². The second kappa shape index (κ2) is 13.5. The van der Waals surface area contributed by atoms with Crippen LogP contribution in [0.2, 0.25) is 0 Å². The summed E-state index contributed by atoms with van der Waals surface area (Å²) in [5.74, 6) is 0.276.